The molecule has 1 aromatic rings. The van der Waals surface area contributed by atoms with E-state index in [9.17, 15) is 32.4 Å². The molecule has 5 aliphatic rings. The smallest absolute Gasteiger partial charge is 0.410 e. The summed E-state index contributed by atoms with van der Waals surface area (Å²) < 4.78 is 33.3. The average Bonchev–Trinajstić information content (AvgIpc) is 3.92. The van der Waals surface area contributed by atoms with Gasteiger partial charge in [-0.25, -0.2) is 13.2 Å². The number of nitrogens with one attached hydrogen (secondary N) is 3. The Morgan fingerprint density at radius 1 is 1.06 bits per heavy atom. The second-order valence-corrected chi connectivity index (χ2v) is 17.2. The fourth-order valence-corrected chi connectivity index (χ4v) is 8.66. The summed E-state index contributed by atoms with van der Waals surface area (Å²) >= 11 is 0. The molecule has 3 aliphatic heterocycles. The number of aryl methyl sites for hydroxylation is 1. The summed E-state index contributed by atoms with van der Waals surface area (Å²) in [5.41, 5.74) is 1.03. The zero-order valence-corrected chi connectivity index (χ0v) is 29.3. The highest BCUT2D eigenvalue weighted by atomic mass is 32.2. The summed E-state index contributed by atoms with van der Waals surface area (Å²) in [6, 6.07) is 3.90. The van der Waals surface area contributed by atoms with E-state index in [1.807, 2.05) is 32.9 Å². The number of ether oxygens (including phenoxy) is 1. The van der Waals surface area contributed by atoms with Crippen molar-refractivity contribution in [2.24, 2.45) is 11.3 Å². The van der Waals surface area contributed by atoms with Crippen LogP contribution in [0.1, 0.15) is 88.8 Å². The van der Waals surface area contributed by atoms with E-state index in [0.717, 1.165) is 30.4 Å². The van der Waals surface area contributed by atoms with Crippen LogP contribution in [0, 0.1) is 11.3 Å². The van der Waals surface area contributed by atoms with Crippen molar-refractivity contribution in [3.8, 4) is 0 Å². The number of carbonyl (C=O) groups is 5. The first-order valence-corrected chi connectivity index (χ1v) is 18.8. The van der Waals surface area contributed by atoms with Gasteiger partial charge in [-0.2, -0.15) is 0 Å². The lowest BCUT2D eigenvalue weighted by Gasteiger charge is -2.35. The number of fused-ring (bicyclic) bond motifs is 3. The number of amides is 5. The molecule has 2 saturated carbocycles. The molecule has 4 bridgehead atoms. The van der Waals surface area contributed by atoms with Gasteiger partial charge in [0, 0.05) is 31.8 Å². The molecule has 0 unspecified atom stereocenters. The normalized spacial score (nSPS) is 29.3. The standard InChI is InChI=1S/C35H47N5O8S/c1-5-23-17-35(23,32(44)38-49(46,47)25-14-15-25)37-30(42)27-16-24-19-40(27)31(43)29(34(2,3)4)36-28(41)13-8-6-7-10-21-11-9-12-22-18-39(20-26(21)22)33(45)48-24/h5,9,11-12,23-25,27,29H,1,6-8,10,13-20H2,2-4H3,(H,36,41)(H,37,42)(H,38,44)/t23-,24+,27-,29+,35+/m0/s1. The summed E-state index contributed by atoms with van der Waals surface area (Å²) in [6.07, 6.45) is 4.51. The van der Waals surface area contributed by atoms with E-state index in [1.54, 1.807) is 4.90 Å². The van der Waals surface area contributed by atoms with Gasteiger partial charge in [-0.05, 0) is 60.6 Å². The van der Waals surface area contributed by atoms with Gasteiger partial charge in [0.1, 0.15) is 23.7 Å². The minimum atomic E-state index is -3.89. The van der Waals surface area contributed by atoms with Crippen molar-refractivity contribution in [1.29, 1.82) is 0 Å². The number of rotatable bonds is 6. The quantitative estimate of drug-likeness (QED) is 0.381. The van der Waals surface area contributed by atoms with Crippen LogP contribution in [0.4, 0.5) is 4.79 Å². The van der Waals surface area contributed by atoms with Crippen LogP contribution in [0.15, 0.2) is 30.9 Å². The van der Waals surface area contributed by atoms with Crippen LogP contribution in [0.25, 0.3) is 0 Å². The predicted molar refractivity (Wildman–Crippen MR) is 179 cm³/mol. The molecule has 13 nitrogen and oxygen atoms in total. The molecular formula is C35H47N5O8S. The van der Waals surface area contributed by atoms with Gasteiger partial charge >= 0.3 is 6.09 Å². The number of nitrogens with zero attached hydrogens (tertiary/aromatic N) is 2. The average molecular weight is 698 g/mol. The van der Waals surface area contributed by atoms with Crippen molar-refractivity contribution in [3.63, 3.8) is 0 Å². The zero-order valence-electron chi connectivity index (χ0n) is 28.5. The second kappa shape index (κ2) is 13.1. The maximum atomic E-state index is 14.3. The van der Waals surface area contributed by atoms with Crippen LogP contribution in [-0.4, -0.2) is 83.5 Å². The van der Waals surface area contributed by atoms with Crippen molar-refractivity contribution in [2.75, 3.05) is 6.54 Å². The number of carbonyl (C=O) groups excluding carboxylic acids is 5. The van der Waals surface area contributed by atoms with Gasteiger partial charge in [-0.1, -0.05) is 51.5 Å². The lowest BCUT2D eigenvalue weighted by molar-refractivity contribution is -0.144. The van der Waals surface area contributed by atoms with Crippen LogP contribution in [0.5, 0.6) is 0 Å². The molecule has 2 aliphatic carbocycles. The molecule has 266 valence electrons. The summed E-state index contributed by atoms with van der Waals surface area (Å²) in [6.45, 7) is 9.89. The Labute approximate surface area is 287 Å². The van der Waals surface area contributed by atoms with Crippen molar-refractivity contribution in [1.82, 2.24) is 25.2 Å². The SMILES string of the molecule is C=C[C@H]1C[C@]1(NC(=O)[C@@H]1C[C@@H]2CN1C(=O)[C@H](C(C)(C)C)NC(=O)CCCCCc1cccc3c1CN(C3)C(=O)O2)C(=O)NS(=O)(=O)C1CC1. The van der Waals surface area contributed by atoms with Gasteiger partial charge in [-0.15, -0.1) is 6.58 Å². The highest BCUT2D eigenvalue weighted by Crippen LogP contribution is 2.45. The fourth-order valence-electron chi connectivity index (χ4n) is 7.29. The van der Waals surface area contributed by atoms with E-state index in [0.29, 0.717) is 32.4 Å². The largest absolute Gasteiger partial charge is 0.444 e. The molecule has 1 saturated heterocycles. The van der Waals surface area contributed by atoms with Crippen molar-refractivity contribution in [2.45, 2.75) is 121 Å². The zero-order chi connectivity index (χ0) is 35.3. The first-order chi connectivity index (χ1) is 23.1. The van der Waals surface area contributed by atoms with Gasteiger partial charge in [0.15, 0.2) is 0 Å². The summed E-state index contributed by atoms with van der Waals surface area (Å²) in [7, 11) is -3.89. The Morgan fingerprint density at radius 3 is 2.45 bits per heavy atom. The highest BCUT2D eigenvalue weighted by molar-refractivity contribution is 7.91. The monoisotopic (exact) mass is 697 g/mol. The number of sulfonamides is 1. The second-order valence-electron chi connectivity index (χ2n) is 15.3. The third-order valence-electron chi connectivity index (χ3n) is 10.5. The van der Waals surface area contributed by atoms with Crippen molar-refractivity contribution < 1.29 is 37.1 Å². The van der Waals surface area contributed by atoms with Gasteiger partial charge in [0.2, 0.25) is 27.7 Å². The lowest BCUT2D eigenvalue weighted by atomic mass is 9.85. The first kappa shape index (κ1) is 34.9. The molecular weight excluding hydrogens is 650 g/mol. The molecule has 0 aromatic heterocycles. The molecule has 6 rings (SSSR count). The molecule has 3 heterocycles. The third kappa shape index (κ3) is 7.20. The predicted octanol–water partition coefficient (Wildman–Crippen LogP) is 2.43. The maximum Gasteiger partial charge on any atom is 0.410 e. The molecule has 3 fully saturated rings. The van der Waals surface area contributed by atoms with Gasteiger partial charge in [-0.3, -0.25) is 28.8 Å². The molecule has 1 aromatic carbocycles. The van der Waals surface area contributed by atoms with E-state index < -0.39 is 74.1 Å². The molecule has 5 atom stereocenters. The van der Waals surface area contributed by atoms with Crippen LogP contribution >= 0.6 is 0 Å². The minimum Gasteiger partial charge on any atom is -0.444 e. The third-order valence-corrected chi connectivity index (χ3v) is 12.3. The molecule has 0 spiro atoms. The van der Waals surface area contributed by atoms with Crippen LogP contribution in [-0.2, 0) is 53.4 Å². The molecule has 0 radical (unpaired) electrons. The topological polar surface area (TPSA) is 171 Å². The molecule has 5 amide bonds. The van der Waals surface area contributed by atoms with Gasteiger partial charge in [0.05, 0.1) is 11.8 Å². The summed E-state index contributed by atoms with van der Waals surface area (Å²) in [5.74, 6) is -2.83. The fraction of sp³-hybridized carbons (Fsp3) is 0.629. The van der Waals surface area contributed by atoms with E-state index in [1.165, 1.54) is 16.5 Å². The minimum absolute atomic E-state index is 0.0447. The Hall–Kier alpha value is -3.94. The lowest BCUT2D eigenvalue weighted by Crippen LogP contribution is -2.60. The highest BCUT2D eigenvalue weighted by Gasteiger charge is 2.62. The molecule has 3 N–H and O–H groups in total. The number of hydrogen-bond acceptors (Lipinski definition) is 8. The van der Waals surface area contributed by atoms with Crippen LogP contribution in [0.2, 0.25) is 0 Å². The summed E-state index contributed by atoms with van der Waals surface area (Å²) in [5, 5.41) is 5.03. The van der Waals surface area contributed by atoms with E-state index in [2.05, 4.69) is 28.0 Å². The van der Waals surface area contributed by atoms with Gasteiger partial charge < -0.3 is 20.3 Å². The van der Waals surface area contributed by atoms with E-state index in [-0.39, 0.29) is 31.7 Å². The van der Waals surface area contributed by atoms with Gasteiger partial charge in [0.25, 0.3) is 5.91 Å². The Bertz CT molecular complexity index is 1670. The Kier molecular flexibility index (Phi) is 9.31. The Balaban J connectivity index is 1.27. The van der Waals surface area contributed by atoms with Crippen molar-refractivity contribution >= 4 is 39.7 Å². The van der Waals surface area contributed by atoms with E-state index in [4.69, 9.17) is 4.74 Å². The molecule has 14 heteroatoms. The number of hydrogen-bond donors (Lipinski definition) is 3. The first-order valence-electron chi connectivity index (χ1n) is 17.3. The Morgan fingerprint density at radius 2 is 1.78 bits per heavy atom. The maximum absolute atomic E-state index is 14.3. The van der Waals surface area contributed by atoms with Crippen LogP contribution < -0.4 is 15.4 Å². The summed E-state index contributed by atoms with van der Waals surface area (Å²) in [4.78, 5) is 71.4. The molecule has 49 heavy (non-hydrogen) atoms. The van der Waals surface area contributed by atoms with E-state index >= 15 is 0 Å². The van der Waals surface area contributed by atoms with Crippen LogP contribution in [0.3, 0.4) is 0 Å². The van der Waals surface area contributed by atoms with Crippen molar-refractivity contribution in [3.05, 3.63) is 47.5 Å². The number of benzene rings is 1.